The normalized spacial score (nSPS) is 15.5. The zero-order chi connectivity index (χ0) is 14.5. The molecule has 4 heteroatoms. The molecule has 1 unspecified atom stereocenters. The standard InChI is InChI=1S/C17H18N2OS/c20-15-8-6-14(7-9-15)16(19-17-18-10-11-21-17)12-13-4-2-1-3-5-13/h1-9,16,20H,10-12H2,(H,18,19). The van der Waals surface area contributed by atoms with Crippen LogP contribution in [-0.2, 0) is 6.42 Å². The summed E-state index contributed by atoms with van der Waals surface area (Å²) in [6.45, 7) is 0.890. The summed E-state index contributed by atoms with van der Waals surface area (Å²) in [5.74, 6) is 1.35. The van der Waals surface area contributed by atoms with E-state index in [0.717, 1.165) is 29.4 Å². The lowest BCUT2D eigenvalue weighted by atomic mass is 9.99. The predicted molar refractivity (Wildman–Crippen MR) is 88.9 cm³/mol. The number of aliphatic imine (C=N–C) groups is 1. The van der Waals surface area contributed by atoms with Crippen molar-refractivity contribution in [1.29, 1.82) is 0 Å². The lowest BCUT2D eigenvalue weighted by Gasteiger charge is -2.20. The second kappa shape index (κ2) is 6.68. The summed E-state index contributed by atoms with van der Waals surface area (Å²) in [5, 5.41) is 14.0. The smallest absolute Gasteiger partial charge is 0.157 e. The summed E-state index contributed by atoms with van der Waals surface area (Å²) in [6, 6.07) is 18.0. The van der Waals surface area contributed by atoms with E-state index >= 15 is 0 Å². The van der Waals surface area contributed by atoms with E-state index in [1.165, 1.54) is 5.56 Å². The Labute approximate surface area is 129 Å². The molecular formula is C17H18N2OS. The third kappa shape index (κ3) is 3.79. The van der Waals surface area contributed by atoms with Crippen molar-refractivity contribution in [3.05, 3.63) is 65.7 Å². The fourth-order valence-electron chi connectivity index (χ4n) is 2.38. The quantitative estimate of drug-likeness (QED) is 0.909. The van der Waals surface area contributed by atoms with Crippen molar-refractivity contribution in [2.45, 2.75) is 12.5 Å². The third-order valence-corrected chi connectivity index (χ3v) is 4.37. The molecular weight excluding hydrogens is 280 g/mol. The number of amidine groups is 1. The van der Waals surface area contributed by atoms with Gasteiger partial charge in [-0.15, -0.1) is 0 Å². The van der Waals surface area contributed by atoms with Crippen molar-refractivity contribution in [3.63, 3.8) is 0 Å². The number of benzene rings is 2. The van der Waals surface area contributed by atoms with Gasteiger partial charge >= 0.3 is 0 Å². The Bertz CT molecular complexity index is 610. The van der Waals surface area contributed by atoms with Crippen molar-refractivity contribution >= 4 is 16.9 Å². The van der Waals surface area contributed by atoms with Crippen LogP contribution in [0.25, 0.3) is 0 Å². The number of phenolic OH excluding ortho intramolecular Hbond substituents is 1. The first-order chi connectivity index (χ1) is 10.3. The molecule has 3 nitrogen and oxygen atoms in total. The van der Waals surface area contributed by atoms with Crippen molar-refractivity contribution in [2.24, 2.45) is 4.99 Å². The van der Waals surface area contributed by atoms with Gasteiger partial charge in [-0.3, -0.25) is 4.99 Å². The predicted octanol–water partition coefficient (Wildman–Crippen LogP) is 3.37. The first kappa shape index (κ1) is 14.0. The highest BCUT2D eigenvalue weighted by Crippen LogP contribution is 2.23. The number of rotatable bonds is 4. The highest BCUT2D eigenvalue weighted by molar-refractivity contribution is 8.14. The van der Waals surface area contributed by atoms with Crippen molar-refractivity contribution in [3.8, 4) is 5.75 Å². The van der Waals surface area contributed by atoms with Gasteiger partial charge in [0.15, 0.2) is 5.17 Å². The Morgan fingerprint density at radius 2 is 1.86 bits per heavy atom. The second-order valence-corrected chi connectivity index (χ2v) is 6.10. The zero-order valence-corrected chi connectivity index (χ0v) is 12.5. The Balaban J connectivity index is 1.81. The third-order valence-electron chi connectivity index (χ3n) is 3.46. The SMILES string of the molecule is Oc1ccc(C(Cc2ccccc2)NC2=NCCS2)cc1. The number of hydrogen-bond donors (Lipinski definition) is 2. The number of aromatic hydroxyl groups is 1. The van der Waals surface area contributed by atoms with Gasteiger partial charge in [0.2, 0.25) is 0 Å². The molecule has 1 aliphatic rings. The Morgan fingerprint density at radius 1 is 1.10 bits per heavy atom. The summed E-state index contributed by atoms with van der Waals surface area (Å²) in [7, 11) is 0. The number of phenols is 1. The molecule has 108 valence electrons. The molecule has 0 radical (unpaired) electrons. The Morgan fingerprint density at radius 3 is 2.52 bits per heavy atom. The van der Waals surface area contributed by atoms with Crippen LogP contribution in [0.2, 0.25) is 0 Å². The van der Waals surface area contributed by atoms with E-state index in [1.807, 2.05) is 18.2 Å². The van der Waals surface area contributed by atoms with Crippen LogP contribution in [0.3, 0.4) is 0 Å². The molecule has 0 aromatic heterocycles. The summed E-state index contributed by atoms with van der Waals surface area (Å²) >= 11 is 1.77. The van der Waals surface area contributed by atoms with Crippen molar-refractivity contribution < 1.29 is 5.11 Å². The van der Waals surface area contributed by atoms with Gasteiger partial charge in [-0.05, 0) is 29.7 Å². The van der Waals surface area contributed by atoms with Crippen LogP contribution in [0.5, 0.6) is 5.75 Å². The molecule has 2 aromatic carbocycles. The summed E-state index contributed by atoms with van der Waals surface area (Å²) in [6.07, 6.45) is 0.894. The summed E-state index contributed by atoms with van der Waals surface area (Å²) in [4.78, 5) is 4.48. The van der Waals surface area contributed by atoms with Crippen LogP contribution >= 0.6 is 11.8 Å². The average molecular weight is 298 g/mol. The number of hydrogen-bond acceptors (Lipinski definition) is 4. The van der Waals surface area contributed by atoms with Crippen LogP contribution in [0.1, 0.15) is 17.2 Å². The molecule has 0 saturated heterocycles. The molecule has 3 rings (SSSR count). The monoisotopic (exact) mass is 298 g/mol. The molecule has 0 spiro atoms. The highest BCUT2D eigenvalue weighted by atomic mass is 32.2. The number of nitrogens with zero attached hydrogens (tertiary/aromatic N) is 1. The topological polar surface area (TPSA) is 44.6 Å². The molecule has 0 saturated carbocycles. The minimum absolute atomic E-state index is 0.164. The largest absolute Gasteiger partial charge is 0.508 e. The van der Waals surface area contributed by atoms with E-state index in [0.29, 0.717) is 5.75 Å². The van der Waals surface area contributed by atoms with E-state index in [4.69, 9.17) is 0 Å². The van der Waals surface area contributed by atoms with Gasteiger partial charge in [-0.25, -0.2) is 0 Å². The van der Waals surface area contributed by atoms with E-state index in [1.54, 1.807) is 23.9 Å². The maximum absolute atomic E-state index is 9.46. The number of nitrogens with one attached hydrogen (secondary N) is 1. The molecule has 2 N–H and O–H groups in total. The van der Waals surface area contributed by atoms with Crippen LogP contribution < -0.4 is 5.32 Å². The van der Waals surface area contributed by atoms with Gasteiger partial charge in [0.05, 0.1) is 12.6 Å². The Hall–Kier alpha value is -1.94. The highest BCUT2D eigenvalue weighted by Gasteiger charge is 2.16. The molecule has 21 heavy (non-hydrogen) atoms. The molecule has 1 aliphatic heterocycles. The molecule has 0 aliphatic carbocycles. The average Bonchev–Trinajstić information content (AvgIpc) is 3.01. The maximum atomic E-state index is 9.46. The molecule has 0 amide bonds. The fourth-order valence-corrected chi connectivity index (χ4v) is 3.16. The summed E-state index contributed by atoms with van der Waals surface area (Å²) < 4.78 is 0. The summed E-state index contributed by atoms with van der Waals surface area (Å²) in [5.41, 5.74) is 2.44. The van der Waals surface area contributed by atoms with Crippen molar-refractivity contribution in [1.82, 2.24) is 5.32 Å². The van der Waals surface area contributed by atoms with Gasteiger partial charge in [0, 0.05) is 5.75 Å². The lowest BCUT2D eigenvalue weighted by molar-refractivity contribution is 0.474. The maximum Gasteiger partial charge on any atom is 0.157 e. The van der Waals surface area contributed by atoms with Gasteiger partial charge < -0.3 is 10.4 Å². The number of thioether (sulfide) groups is 1. The van der Waals surface area contributed by atoms with Gasteiger partial charge in [-0.2, -0.15) is 0 Å². The fraction of sp³-hybridized carbons (Fsp3) is 0.235. The minimum atomic E-state index is 0.164. The van der Waals surface area contributed by atoms with E-state index in [-0.39, 0.29) is 6.04 Å². The second-order valence-electron chi connectivity index (χ2n) is 5.01. The molecule has 1 atom stereocenters. The zero-order valence-electron chi connectivity index (χ0n) is 11.7. The Kier molecular flexibility index (Phi) is 4.46. The molecule has 2 aromatic rings. The van der Waals surface area contributed by atoms with Crippen molar-refractivity contribution in [2.75, 3.05) is 12.3 Å². The van der Waals surface area contributed by atoms with E-state index in [9.17, 15) is 5.11 Å². The van der Waals surface area contributed by atoms with Gasteiger partial charge in [0.25, 0.3) is 0 Å². The first-order valence-electron chi connectivity index (χ1n) is 7.08. The van der Waals surface area contributed by atoms with Crippen LogP contribution in [-0.4, -0.2) is 22.6 Å². The van der Waals surface area contributed by atoms with E-state index < -0.39 is 0 Å². The van der Waals surface area contributed by atoms with Gasteiger partial charge in [-0.1, -0.05) is 54.2 Å². The van der Waals surface area contributed by atoms with Crippen LogP contribution in [0.4, 0.5) is 0 Å². The van der Waals surface area contributed by atoms with Gasteiger partial charge in [0.1, 0.15) is 5.75 Å². The molecule has 0 bridgehead atoms. The lowest BCUT2D eigenvalue weighted by Crippen LogP contribution is -2.27. The first-order valence-corrected chi connectivity index (χ1v) is 8.06. The minimum Gasteiger partial charge on any atom is -0.508 e. The van der Waals surface area contributed by atoms with E-state index in [2.05, 4.69) is 34.6 Å². The molecule has 0 fully saturated rings. The molecule has 1 heterocycles. The van der Waals surface area contributed by atoms with Crippen LogP contribution in [0, 0.1) is 0 Å². The van der Waals surface area contributed by atoms with Crippen LogP contribution in [0.15, 0.2) is 59.6 Å².